The molecular formula is C33H37FN2O7. The van der Waals surface area contributed by atoms with Crippen LogP contribution >= 0.6 is 0 Å². The van der Waals surface area contributed by atoms with Crippen LogP contribution in [0.1, 0.15) is 59.5 Å². The van der Waals surface area contributed by atoms with Crippen LogP contribution in [0.5, 0.6) is 11.5 Å². The molecule has 7 atom stereocenters. The van der Waals surface area contributed by atoms with Crippen LogP contribution in [-0.2, 0) is 16.1 Å². The number of aldehydes is 1. The first-order valence-electron chi connectivity index (χ1n) is 15.0. The molecule has 2 aromatic carbocycles. The van der Waals surface area contributed by atoms with E-state index in [1.54, 1.807) is 29.2 Å². The molecule has 2 aromatic rings. The first-order valence-corrected chi connectivity index (χ1v) is 15.0. The van der Waals surface area contributed by atoms with Gasteiger partial charge in [-0.2, -0.15) is 0 Å². The molecule has 10 heteroatoms. The van der Waals surface area contributed by atoms with Crippen LogP contribution in [0.4, 0.5) is 4.39 Å². The number of aliphatic hydroxyl groups excluding tert-OH is 2. The van der Waals surface area contributed by atoms with E-state index in [0.717, 1.165) is 19.3 Å². The van der Waals surface area contributed by atoms with Crippen molar-refractivity contribution >= 4 is 18.1 Å². The number of nitrogens with zero attached hydrogens (tertiary/aromatic N) is 1. The van der Waals surface area contributed by atoms with Crippen molar-refractivity contribution in [2.75, 3.05) is 20.3 Å². The summed E-state index contributed by atoms with van der Waals surface area (Å²) in [5.41, 5.74) is 1.79. The van der Waals surface area contributed by atoms with Gasteiger partial charge in [0.15, 0.2) is 11.5 Å². The number of hydrogen-bond acceptors (Lipinski definition) is 7. The Labute approximate surface area is 249 Å². The Morgan fingerprint density at radius 1 is 1.19 bits per heavy atom. The number of halogens is 1. The molecule has 9 nitrogen and oxygen atoms in total. The SMILES string of the molecule is COc1cc(C=O)cc2c1O[C@@H]1[C@@H](O)[C@H](N(Cc3ccc(F)cc3)C(=O)CC3CC4CCC3C4)C=C(C(=O)NCCO)[C@H]21. The average Bonchev–Trinajstić information content (AvgIpc) is 3.74. The summed E-state index contributed by atoms with van der Waals surface area (Å²) in [5, 5.41) is 24.0. The Bertz CT molecular complexity index is 1430. The third-order valence-electron chi connectivity index (χ3n) is 9.68. The number of aliphatic hydroxyl groups is 2. The van der Waals surface area contributed by atoms with E-state index in [0.29, 0.717) is 52.7 Å². The normalized spacial score (nSPS) is 28.4. The molecule has 1 aliphatic heterocycles. The van der Waals surface area contributed by atoms with Gasteiger partial charge in [-0.3, -0.25) is 14.4 Å². The predicted molar refractivity (Wildman–Crippen MR) is 154 cm³/mol. The van der Waals surface area contributed by atoms with Gasteiger partial charge in [-0.25, -0.2) is 4.39 Å². The maximum atomic E-state index is 14.1. The van der Waals surface area contributed by atoms with E-state index < -0.39 is 35.9 Å². The first kappa shape index (κ1) is 29.3. The Kier molecular flexibility index (Phi) is 8.24. The van der Waals surface area contributed by atoms with E-state index in [9.17, 15) is 29.0 Å². The fourth-order valence-electron chi connectivity index (χ4n) is 7.67. The van der Waals surface area contributed by atoms with Gasteiger partial charge in [0.1, 0.15) is 24.3 Å². The van der Waals surface area contributed by atoms with E-state index in [1.807, 2.05) is 0 Å². The lowest BCUT2D eigenvalue weighted by atomic mass is 9.77. The van der Waals surface area contributed by atoms with E-state index in [-0.39, 0.29) is 37.1 Å². The highest BCUT2D eigenvalue weighted by molar-refractivity contribution is 5.96. The second-order valence-corrected chi connectivity index (χ2v) is 12.2. The van der Waals surface area contributed by atoms with Gasteiger partial charge in [0.25, 0.3) is 0 Å². The minimum absolute atomic E-state index is 0.00858. The Balaban J connectivity index is 1.40. The topological polar surface area (TPSA) is 125 Å². The minimum Gasteiger partial charge on any atom is -0.493 e. The van der Waals surface area contributed by atoms with E-state index in [2.05, 4.69) is 5.32 Å². The zero-order valence-electron chi connectivity index (χ0n) is 24.1. The second kappa shape index (κ2) is 12.1. The summed E-state index contributed by atoms with van der Waals surface area (Å²) in [6, 6.07) is 8.10. The number of ether oxygens (including phenoxy) is 2. The smallest absolute Gasteiger partial charge is 0.247 e. The summed E-state index contributed by atoms with van der Waals surface area (Å²) < 4.78 is 25.5. The Morgan fingerprint density at radius 2 is 1.98 bits per heavy atom. The molecule has 6 rings (SSSR count). The zero-order chi connectivity index (χ0) is 30.2. The first-order chi connectivity index (χ1) is 20.8. The molecule has 2 amide bonds. The minimum atomic E-state index is -1.24. The molecule has 2 saturated carbocycles. The van der Waals surface area contributed by atoms with Crippen molar-refractivity contribution in [3.63, 3.8) is 0 Å². The lowest BCUT2D eigenvalue weighted by molar-refractivity contribution is -0.139. The lowest BCUT2D eigenvalue weighted by Gasteiger charge is -2.41. The fourth-order valence-corrected chi connectivity index (χ4v) is 7.67. The van der Waals surface area contributed by atoms with Gasteiger partial charge in [0, 0.05) is 36.2 Å². The summed E-state index contributed by atoms with van der Waals surface area (Å²) >= 11 is 0. The monoisotopic (exact) mass is 592 g/mol. The molecule has 1 heterocycles. The quantitative estimate of drug-likeness (QED) is 0.362. The van der Waals surface area contributed by atoms with E-state index in [4.69, 9.17) is 9.47 Å². The summed E-state index contributed by atoms with van der Waals surface area (Å²) in [5.74, 6) is 0.296. The summed E-state index contributed by atoms with van der Waals surface area (Å²) in [4.78, 5) is 41.0. The molecule has 4 aliphatic rings. The van der Waals surface area contributed by atoms with Crippen LogP contribution in [0.15, 0.2) is 48.0 Å². The van der Waals surface area contributed by atoms with E-state index >= 15 is 0 Å². The van der Waals surface area contributed by atoms with E-state index in [1.165, 1.54) is 31.7 Å². The second-order valence-electron chi connectivity index (χ2n) is 12.2. The summed E-state index contributed by atoms with van der Waals surface area (Å²) in [6.07, 6.45) is 4.92. The van der Waals surface area contributed by atoms with Gasteiger partial charge in [0.05, 0.1) is 25.7 Å². The molecule has 0 aromatic heterocycles. The number of carbonyl (C=O) groups is 3. The van der Waals surface area contributed by atoms with Crippen molar-refractivity contribution in [3.05, 3.63) is 70.6 Å². The molecule has 3 unspecified atom stereocenters. The summed E-state index contributed by atoms with van der Waals surface area (Å²) in [7, 11) is 1.44. The number of nitrogens with one attached hydrogen (secondary N) is 1. The Hall–Kier alpha value is -3.76. The van der Waals surface area contributed by atoms with Crippen molar-refractivity contribution in [2.45, 2.75) is 62.8 Å². The predicted octanol–water partition coefficient (Wildman–Crippen LogP) is 3.12. The number of benzene rings is 2. The molecule has 0 spiro atoms. The van der Waals surface area contributed by atoms with Crippen LogP contribution in [0.3, 0.4) is 0 Å². The fraction of sp³-hybridized carbons (Fsp3) is 0.485. The lowest BCUT2D eigenvalue weighted by Crippen LogP contribution is -2.55. The van der Waals surface area contributed by atoms with Crippen LogP contribution < -0.4 is 14.8 Å². The highest BCUT2D eigenvalue weighted by atomic mass is 19.1. The summed E-state index contributed by atoms with van der Waals surface area (Å²) in [6.45, 7) is -0.157. The molecule has 0 saturated heterocycles. The van der Waals surface area contributed by atoms with Crippen LogP contribution in [0.25, 0.3) is 0 Å². The van der Waals surface area contributed by atoms with Crippen molar-refractivity contribution in [1.29, 1.82) is 0 Å². The average molecular weight is 593 g/mol. The molecular weight excluding hydrogens is 555 g/mol. The molecule has 3 N–H and O–H groups in total. The number of amides is 2. The van der Waals surface area contributed by atoms with Crippen LogP contribution in [0, 0.1) is 23.6 Å². The Morgan fingerprint density at radius 3 is 2.63 bits per heavy atom. The van der Waals surface area contributed by atoms with Gasteiger partial charge in [-0.15, -0.1) is 0 Å². The standard InChI is InChI=1S/C33H37FN2O7/c1-42-27-13-20(17-38)12-24-29-25(33(41)35-8-9-37)15-26(30(40)32(29)43-31(24)27)36(16-18-3-6-23(34)7-4-18)28(39)14-22-11-19-2-5-21(22)10-19/h3-4,6-7,12-13,15,17,19,21-22,26,29-30,32,37,40H,2,5,8-11,14,16H2,1H3,(H,35,41)/t19?,21?,22?,26-,29+,30+,32+/m1/s1. The zero-order valence-corrected chi connectivity index (χ0v) is 24.1. The number of methoxy groups -OCH3 is 1. The largest absolute Gasteiger partial charge is 0.493 e. The van der Waals surface area contributed by atoms with Gasteiger partial charge in [-0.1, -0.05) is 18.6 Å². The van der Waals surface area contributed by atoms with Gasteiger partial charge < -0.3 is 29.9 Å². The van der Waals surface area contributed by atoms with Crippen LogP contribution in [-0.4, -0.2) is 71.7 Å². The maximum absolute atomic E-state index is 14.1. The molecule has 43 heavy (non-hydrogen) atoms. The molecule has 228 valence electrons. The number of rotatable bonds is 10. The number of carbonyl (C=O) groups excluding carboxylic acids is 3. The molecule has 2 fully saturated rings. The molecule has 2 bridgehead atoms. The van der Waals surface area contributed by atoms with Crippen molar-refractivity contribution < 1.29 is 38.5 Å². The van der Waals surface area contributed by atoms with Gasteiger partial charge >= 0.3 is 0 Å². The number of fused-ring (bicyclic) bond motifs is 5. The third-order valence-corrected chi connectivity index (χ3v) is 9.68. The van der Waals surface area contributed by atoms with Gasteiger partial charge in [0.2, 0.25) is 11.8 Å². The number of hydrogen-bond donors (Lipinski definition) is 3. The van der Waals surface area contributed by atoms with Crippen molar-refractivity contribution in [2.24, 2.45) is 17.8 Å². The van der Waals surface area contributed by atoms with Crippen molar-refractivity contribution in [1.82, 2.24) is 10.2 Å². The van der Waals surface area contributed by atoms with Gasteiger partial charge in [-0.05, 0) is 72.9 Å². The van der Waals surface area contributed by atoms with Crippen molar-refractivity contribution in [3.8, 4) is 11.5 Å². The third kappa shape index (κ3) is 5.54. The maximum Gasteiger partial charge on any atom is 0.247 e. The van der Waals surface area contributed by atoms with Crippen LogP contribution in [0.2, 0.25) is 0 Å². The molecule has 0 radical (unpaired) electrons. The highest BCUT2D eigenvalue weighted by Crippen LogP contribution is 2.52. The highest BCUT2D eigenvalue weighted by Gasteiger charge is 2.52. The molecule has 3 aliphatic carbocycles.